The minimum Gasteiger partial charge on any atom is -0.355 e. The Kier molecular flexibility index (Phi) is 4.74. The molecule has 0 fully saturated rings. The van der Waals surface area contributed by atoms with Crippen molar-refractivity contribution in [3.63, 3.8) is 0 Å². The number of carbonyl (C=O) groups excluding carboxylic acids is 1. The van der Waals surface area contributed by atoms with E-state index in [1.165, 1.54) is 12.1 Å². The third-order valence-corrected chi connectivity index (χ3v) is 2.73. The quantitative estimate of drug-likeness (QED) is 0.810. The van der Waals surface area contributed by atoms with Crippen molar-refractivity contribution in [1.82, 2.24) is 5.32 Å². The lowest BCUT2D eigenvalue weighted by Crippen LogP contribution is -2.27. The topological polar surface area (TPSA) is 29.1 Å². The zero-order chi connectivity index (χ0) is 12.1. The fraction of sp³-hybridized carbons (Fsp3) is 0.417. The normalized spacial score (nSPS) is 12.2. The lowest BCUT2D eigenvalue weighted by atomic mass is 10.0. The summed E-state index contributed by atoms with van der Waals surface area (Å²) in [5, 5.41) is 1.85. The zero-order valence-corrected chi connectivity index (χ0v) is 10.1. The fourth-order valence-corrected chi connectivity index (χ4v) is 1.68. The molecule has 0 spiro atoms. The predicted octanol–water partition coefficient (Wildman–Crippen LogP) is 2.94. The van der Waals surface area contributed by atoms with E-state index >= 15 is 0 Å². The van der Waals surface area contributed by atoms with Gasteiger partial charge in [-0.2, -0.15) is 0 Å². The van der Waals surface area contributed by atoms with E-state index in [4.69, 9.17) is 11.6 Å². The van der Waals surface area contributed by atoms with Crippen LogP contribution in [0.5, 0.6) is 0 Å². The Balaban J connectivity index is 2.82. The van der Waals surface area contributed by atoms with E-state index in [0.717, 1.165) is 12.0 Å². The van der Waals surface area contributed by atoms with Crippen molar-refractivity contribution in [1.29, 1.82) is 0 Å². The molecule has 0 aromatic heterocycles. The highest BCUT2D eigenvalue weighted by Gasteiger charge is 2.19. The van der Waals surface area contributed by atoms with Crippen LogP contribution in [-0.2, 0) is 4.79 Å². The lowest BCUT2D eigenvalue weighted by molar-refractivity contribution is -0.120. The van der Waals surface area contributed by atoms with Gasteiger partial charge in [0.25, 0.3) is 0 Å². The standard InChI is InChI=1S/C12H15ClFNO/c1-3-6-15-12(16)11(13)10-7-9(14)5-4-8(10)2/h4-5,7,11H,3,6H2,1-2H3,(H,15,16). The summed E-state index contributed by atoms with van der Waals surface area (Å²) in [6, 6.07) is 4.28. The summed E-state index contributed by atoms with van der Waals surface area (Å²) >= 11 is 5.99. The highest BCUT2D eigenvalue weighted by molar-refractivity contribution is 6.30. The summed E-state index contributed by atoms with van der Waals surface area (Å²) in [5.74, 6) is -0.660. The first kappa shape index (κ1) is 13.0. The third kappa shape index (κ3) is 3.20. The van der Waals surface area contributed by atoms with Crippen LogP contribution in [0.4, 0.5) is 4.39 Å². The molecule has 2 nitrogen and oxygen atoms in total. The van der Waals surface area contributed by atoms with E-state index in [1.54, 1.807) is 13.0 Å². The highest BCUT2D eigenvalue weighted by Crippen LogP contribution is 2.24. The summed E-state index contributed by atoms with van der Waals surface area (Å²) in [6.07, 6.45) is 0.845. The van der Waals surface area contributed by atoms with Gasteiger partial charge in [-0.25, -0.2) is 4.39 Å². The first-order valence-corrected chi connectivity index (χ1v) is 5.67. The number of alkyl halides is 1. The molecule has 1 aromatic rings. The van der Waals surface area contributed by atoms with Gasteiger partial charge in [0, 0.05) is 6.54 Å². The summed E-state index contributed by atoms with van der Waals surface area (Å²) in [5.41, 5.74) is 1.34. The molecule has 0 saturated heterocycles. The average molecular weight is 244 g/mol. The van der Waals surface area contributed by atoms with Crippen LogP contribution in [0.25, 0.3) is 0 Å². The SMILES string of the molecule is CCCNC(=O)C(Cl)c1cc(F)ccc1C. The Morgan fingerprint density at radius 1 is 1.56 bits per heavy atom. The van der Waals surface area contributed by atoms with Gasteiger partial charge in [-0.15, -0.1) is 11.6 Å². The van der Waals surface area contributed by atoms with E-state index < -0.39 is 5.38 Å². The van der Waals surface area contributed by atoms with Gasteiger partial charge >= 0.3 is 0 Å². The maximum Gasteiger partial charge on any atom is 0.242 e. The Labute approximate surface area is 99.8 Å². The number of carbonyl (C=O) groups is 1. The van der Waals surface area contributed by atoms with Crippen LogP contribution >= 0.6 is 11.6 Å². The van der Waals surface area contributed by atoms with Crippen molar-refractivity contribution in [3.05, 3.63) is 35.1 Å². The molecule has 1 unspecified atom stereocenters. The van der Waals surface area contributed by atoms with Crippen LogP contribution < -0.4 is 5.32 Å². The average Bonchev–Trinajstić information content (AvgIpc) is 2.28. The van der Waals surface area contributed by atoms with E-state index in [1.807, 2.05) is 6.92 Å². The van der Waals surface area contributed by atoms with Gasteiger partial charge in [0.05, 0.1) is 0 Å². The Hall–Kier alpha value is -1.09. The molecule has 4 heteroatoms. The number of aryl methyl sites for hydroxylation is 1. The summed E-state index contributed by atoms with van der Waals surface area (Å²) in [4.78, 5) is 11.6. The molecule has 88 valence electrons. The van der Waals surface area contributed by atoms with Crippen LogP contribution in [0.1, 0.15) is 29.8 Å². The first-order valence-electron chi connectivity index (χ1n) is 5.24. The molecule has 0 aliphatic carbocycles. The Morgan fingerprint density at radius 3 is 2.88 bits per heavy atom. The van der Waals surface area contributed by atoms with Crippen LogP contribution in [0.3, 0.4) is 0 Å². The van der Waals surface area contributed by atoms with Gasteiger partial charge in [-0.05, 0) is 36.6 Å². The molecule has 1 N–H and O–H groups in total. The number of hydrogen-bond donors (Lipinski definition) is 1. The van der Waals surface area contributed by atoms with Gasteiger partial charge < -0.3 is 5.32 Å². The Bertz CT molecular complexity index is 381. The molecule has 0 bridgehead atoms. The summed E-state index contributed by atoms with van der Waals surface area (Å²) < 4.78 is 13.0. The van der Waals surface area contributed by atoms with Crippen molar-refractivity contribution in [3.8, 4) is 0 Å². The molecule has 0 radical (unpaired) electrons. The summed E-state index contributed by atoms with van der Waals surface area (Å²) in [7, 11) is 0. The van der Waals surface area contributed by atoms with Crippen molar-refractivity contribution < 1.29 is 9.18 Å². The number of amides is 1. The molecular formula is C12H15ClFNO. The molecule has 16 heavy (non-hydrogen) atoms. The van der Waals surface area contributed by atoms with Crippen LogP contribution in [0.2, 0.25) is 0 Å². The van der Waals surface area contributed by atoms with Crippen molar-refractivity contribution >= 4 is 17.5 Å². The summed E-state index contributed by atoms with van der Waals surface area (Å²) in [6.45, 7) is 4.34. The minimum atomic E-state index is -0.831. The van der Waals surface area contributed by atoms with Crippen molar-refractivity contribution in [2.45, 2.75) is 25.6 Å². The van der Waals surface area contributed by atoms with Gasteiger partial charge in [-0.1, -0.05) is 13.0 Å². The van der Waals surface area contributed by atoms with Gasteiger partial charge in [0.1, 0.15) is 11.2 Å². The molecule has 0 saturated carbocycles. The molecule has 1 amide bonds. The van der Waals surface area contributed by atoms with E-state index in [9.17, 15) is 9.18 Å². The molecule has 0 heterocycles. The number of halogens is 2. The van der Waals surface area contributed by atoms with Crippen molar-refractivity contribution in [2.24, 2.45) is 0 Å². The molecular weight excluding hydrogens is 229 g/mol. The number of rotatable bonds is 4. The number of nitrogens with one attached hydrogen (secondary N) is 1. The molecule has 1 aromatic carbocycles. The maximum atomic E-state index is 13.0. The highest BCUT2D eigenvalue weighted by atomic mass is 35.5. The van der Waals surface area contributed by atoms with E-state index in [2.05, 4.69) is 5.32 Å². The number of hydrogen-bond acceptors (Lipinski definition) is 1. The first-order chi connectivity index (χ1) is 7.56. The second-order valence-electron chi connectivity index (χ2n) is 3.65. The maximum absolute atomic E-state index is 13.0. The monoisotopic (exact) mass is 243 g/mol. The predicted molar refractivity (Wildman–Crippen MR) is 63.0 cm³/mol. The second kappa shape index (κ2) is 5.85. The minimum absolute atomic E-state index is 0.280. The van der Waals surface area contributed by atoms with Crippen LogP contribution in [-0.4, -0.2) is 12.5 Å². The van der Waals surface area contributed by atoms with E-state index in [0.29, 0.717) is 12.1 Å². The van der Waals surface area contributed by atoms with Crippen LogP contribution in [0.15, 0.2) is 18.2 Å². The van der Waals surface area contributed by atoms with Gasteiger partial charge in [0.15, 0.2) is 0 Å². The second-order valence-corrected chi connectivity index (χ2v) is 4.09. The largest absolute Gasteiger partial charge is 0.355 e. The molecule has 0 aliphatic heterocycles. The molecule has 0 aliphatic rings. The Morgan fingerprint density at radius 2 is 2.25 bits per heavy atom. The van der Waals surface area contributed by atoms with Crippen LogP contribution in [0, 0.1) is 12.7 Å². The molecule has 1 rings (SSSR count). The van der Waals surface area contributed by atoms with E-state index in [-0.39, 0.29) is 11.7 Å². The van der Waals surface area contributed by atoms with Crippen molar-refractivity contribution in [2.75, 3.05) is 6.54 Å². The van der Waals surface area contributed by atoms with Gasteiger partial charge in [-0.3, -0.25) is 4.79 Å². The number of benzene rings is 1. The molecule has 1 atom stereocenters. The fourth-order valence-electron chi connectivity index (χ4n) is 1.36. The lowest BCUT2D eigenvalue weighted by Gasteiger charge is -2.12. The smallest absolute Gasteiger partial charge is 0.242 e. The van der Waals surface area contributed by atoms with Gasteiger partial charge in [0.2, 0.25) is 5.91 Å². The zero-order valence-electron chi connectivity index (χ0n) is 9.39. The third-order valence-electron chi connectivity index (χ3n) is 2.29.